The normalized spacial score (nSPS) is 16.2. The number of nitrogens with zero attached hydrogens (tertiary/aromatic N) is 1. The van der Waals surface area contributed by atoms with Crippen molar-refractivity contribution in [3.63, 3.8) is 0 Å². The number of halogens is 1. The van der Waals surface area contributed by atoms with Crippen molar-refractivity contribution in [2.24, 2.45) is 0 Å². The highest BCUT2D eigenvalue weighted by molar-refractivity contribution is 6.31. The van der Waals surface area contributed by atoms with Crippen LogP contribution in [0.1, 0.15) is 48.3 Å². The first kappa shape index (κ1) is 22.7. The topological polar surface area (TPSA) is 100 Å². The number of phenols is 1. The molecule has 2 N–H and O–H groups in total. The highest BCUT2D eigenvalue weighted by Crippen LogP contribution is 2.41. The highest BCUT2D eigenvalue weighted by Gasteiger charge is 2.44. The number of carbonyl (C=O) groups is 2. The van der Waals surface area contributed by atoms with Crippen LogP contribution in [0.5, 0.6) is 11.5 Å². The first-order valence-corrected chi connectivity index (χ1v) is 11.1. The summed E-state index contributed by atoms with van der Waals surface area (Å²) in [5.74, 6) is -1.42. The maximum Gasteiger partial charge on any atom is 0.290 e. The van der Waals surface area contributed by atoms with Crippen molar-refractivity contribution in [2.75, 3.05) is 13.7 Å². The molecule has 33 heavy (non-hydrogen) atoms. The summed E-state index contributed by atoms with van der Waals surface area (Å²) in [6.07, 6.45) is 2.59. The lowest BCUT2D eigenvalue weighted by Crippen LogP contribution is -2.32. The summed E-state index contributed by atoms with van der Waals surface area (Å²) in [4.78, 5) is 28.0. The summed E-state index contributed by atoms with van der Waals surface area (Å²) < 4.78 is 11.1. The van der Waals surface area contributed by atoms with Gasteiger partial charge in [0.1, 0.15) is 5.75 Å². The molecule has 2 heterocycles. The van der Waals surface area contributed by atoms with Gasteiger partial charge < -0.3 is 24.3 Å². The van der Waals surface area contributed by atoms with Gasteiger partial charge >= 0.3 is 0 Å². The van der Waals surface area contributed by atoms with E-state index in [2.05, 4.69) is 6.92 Å². The first-order chi connectivity index (χ1) is 15.8. The fourth-order valence-corrected chi connectivity index (χ4v) is 4.35. The number of fused-ring (bicyclic) bond motifs is 1. The maximum atomic E-state index is 13.6. The molecule has 1 unspecified atom stereocenters. The Balaban J connectivity index is 1.79. The second-order valence-electron chi connectivity index (χ2n) is 7.93. The van der Waals surface area contributed by atoms with Gasteiger partial charge in [-0.15, -0.1) is 0 Å². The number of aromatic hydroxyl groups is 1. The van der Waals surface area contributed by atoms with E-state index >= 15 is 0 Å². The lowest BCUT2D eigenvalue weighted by molar-refractivity contribution is -0.129. The van der Waals surface area contributed by atoms with E-state index in [4.69, 9.17) is 20.8 Å². The number of phenolic OH excluding ortho intramolecular Hbond substituents is 1. The van der Waals surface area contributed by atoms with Gasteiger partial charge in [0.25, 0.3) is 5.91 Å². The summed E-state index contributed by atoms with van der Waals surface area (Å²) in [5, 5.41) is 21.4. The average molecular weight is 470 g/mol. The zero-order chi connectivity index (χ0) is 23.7. The molecule has 1 aliphatic rings. The third-order valence-electron chi connectivity index (χ3n) is 5.75. The molecule has 172 valence electrons. The van der Waals surface area contributed by atoms with Crippen LogP contribution in [0.25, 0.3) is 11.0 Å². The zero-order valence-electron chi connectivity index (χ0n) is 18.3. The molecule has 1 amide bonds. The number of aliphatic hydroxyl groups excluding tert-OH is 1. The van der Waals surface area contributed by atoms with Crippen molar-refractivity contribution in [3.05, 3.63) is 70.1 Å². The molecule has 8 heteroatoms. The number of ketones is 1. The highest BCUT2D eigenvalue weighted by atomic mass is 35.5. The Morgan fingerprint density at radius 1 is 1.15 bits per heavy atom. The first-order valence-electron chi connectivity index (χ1n) is 10.7. The van der Waals surface area contributed by atoms with Crippen molar-refractivity contribution < 1.29 is 29.0 Å². The molecule has 0 spiro atoms. The van der Waals surface area contributed by atoms with E-state index < -0.39 is 23.5 Å². The van der Waals surface area contributed by atoms with E-state index in [-0.39, 0.29) is 17.1 Å². The minimum absolute atomic E-state index is 0.0425. The van der Waals surface area contributed by atoms with Crippen molar-refractivity contribution in [1.82, 2.24) is 4.90 Å². The fourth-order valence-electron chi connectivity index (χ4n) is 4.13. The van der Waals surface area contributed by atoms with E-state index in [9.17, 15) is 19.8 Å². The molecule has 1 aromatic heterocycles. The van der Waals surface area contributed by atoms with E-state index in [1.807, 2.05) is 0 Å². The number of methoxy groups -OCH3 is 1. The molecule has 0 aliphatic carbocycles. The predicted octanol–water partition coefficient (Wildman–Crippen LogP) is 5.57. The molecule has 2 aromatic carbocycles. The number of amides is 1. The Labute approximate surface area is 195 Å². The predicted molar refractivity (Wildman–Crippen MR) is 124 cm³/mol. The Bertz CT molecular complexity index is 1240. The van der Waals surface area contributed by atoms with Crippen molar-refractivity contribution in [1.29, 1.82) is 0 Å². The number of unbranched alkanes of at least 4 members (excludes halogenated alkanes) is 2. The minimum atomic E-state index is -0.804. The SMILES string of the molecule is CCCCCN1C(=O)C(O)=C(C(=O)c2cc3cc(Cl)cc(OC)c3o2)C1c1ccc(O)cc1. The average Bonchev–Trinajstić information content (AvgIpc) is 3.33. The van der Waals surface area contributed by atoms with Gasteiger partial charge in [0, 0.05) is 23.0 Å². The van der Waals surface area contributed by atoms with Gasteiger partial charge in [0.05, 0.1) is 18.7 Å². The number of Topliss-reactive ketones (excluding diaryl/α,β-unsaturated/α-hetero) is 1. The summed E-state index contributed by atoms with van der Waals surface area (Å²) in [5.41, 5.74) is 0.878. The number of rotatable bonds is 8. The zero-order valence-corrected chi connectivity index (χ0v) is 19.1. The molecular formula is C25H24ClNO6. The van der Waals surface area contributed by atoms with Gasteiger partial charge in [0.2, 0.25) is 5.78 Å². The second kappa shape index (κ2) is 9.19. The molecule has 1 atom stereocenters. The largest absolute Gasteiger partial charge is 0.508 e. The summed E-state index contributed by atoms with van der Waals surface area (Å²) >= 11 is 6.13. The smallest absolute Gasteiger partial charge is 0.290 e. The van der Waals surface area contributed by atoms with Crippen LogP contribution in [-0.2, 0) is 4.79 Å². The Morgan fingerprint density at radius 3 is 2.55 bits per heavy atom. The van der Waals surface area contributed by atoms with Crippen LogP contribution in [0, 0.1) is 0 Å². The number of aliphatic hydroxyl groups is 1. The summed E-state index contributed by atoms with van der Waals surface area (Å²) in [7, 11) is 1.47. The molecule has 0 bridgehead atoms. The number of furan rings is 1. The summed E-state index contributed by atoms with van der Waals surface area (Å²) in [6, 6.07) is 10.2. The van der Waals surface area contributed by atoms with Gasteiger partial charge in [0.15, 0.2) is 22.9 Å². The van der Waals surface area contributed by atoms with Crippen LogP contribution in [-0.4, -0.2) is 40.5 Å². The van der Waals surface area contributed by atoms with Gasteiger partial charge in [-0.3, -0.25) is 9.59 Å². The van der Waals surface area contributed by atoms with Crippen molar-refractivity contribution in [3.8, 4) is 11.5 Å². The quantitative estimate of drug-likeness (QED) is 0.330. The van der Waals surface area contributed by atoms with E-state index in [1.165, 1.54) is 30.2 Å². The number of ether oxygens (including phenoxy) is 1. The molecule has 0 saturated carbocycles. The van der Waals surface area contributed by atoms with Crippen LogP contribution < -0.4 is 4.74 Å². The molecule has 0 fully saturated rings. The maximum absolute atomic E-state index is 13.6. The van der Waals surface area contributed by atoms with Crippen LogP contribution in [0.3, 0.4) is 0 Å². The number of hydrogen-bond donors (Lipinski definition) is 2. The van der Waals surface area contributed by atoms with Crippen LogP contribution >= 0.6 is 11.6 Å². The number of carbonyl (C=O) groups excluding carboxylic acids is 2. The minimum Gasteiger partial charge on any atom is -0.508 e. The van der Waals surface area contributed by atoms with E-state index in [0.717, 1.165) is 19.3 Å². The van der Waals surface area contributed by atoms with Gasteiger partial charge in [-0.05, 0) is 36.2 Å². The third kappa shape index (κ3) is 4.16. The molecule has 3 aromatic rings. The molecule has 0 saturated heterocycles. The van der Waals surface area contributed by atoms with Gasteiger partial charge in [-0.25, -0.2) is 0 Å². The monoisotopic (exact) mass is 469 g/mol. The number of hydrogen-bond acceptors (Lipinski definition) is 6. The van der Waals surface area contributed by atoms with Crippen LogP contribution in [0.2, 0.25) is 5.02 Å². The third-order valence-corrected chi connectivity index (χ3v) is 5.97. The molecule has 4 rings (SSSR count). The Morgan fingerprint density at radius 2 is 1.88 bits per heavy atom. The van der Waals surface area contributed by atoms with Crippen LogP contribution in [0.15, 0.2) is 58.2 Å². The van der Waals surface area contributed by atoms with Crippen molar-refractivity contribution >= 4 is 34.3 Å². The Kier molecular flexibility index (Phi) is 6.33. The van der Waals surface area contributed by atoms with E-state index in [0.29, 0.717) is 33.8 Å². The van der Waals surface area contributed by atoms with Crippen molar-refractivity contribution in [2.45, 2.75) is 32.2 Å². The van der Waals surface area contributed by atoms with Crippen LogP contribution in [0.4, 0.5) is 0 Å². The number of benzene rings is 2. The molecule has 0 radical (unpaired) electrons. The fraction of sp³-hybridized carbons (Fsp3) is 0.280. The molecule has 1 aliphatic heterocycles. The van der Waals surface area contributed by atoms with Gasteiger partial charge in [-0.1, -0.05) is 43.5 Å². The lowest BCUT2D eigenvalue weighted by atomic mass is 9.94. The van der Waals surface area contributed by atoms with E-state index in [1.54, 1.807) is 24.3 Å². The Hall–Kier alpha value is -3.45. The second-order valence-corrected chi connectivity index (χ2v) is 8.36. The molecular weight excluding hydrogens is 446 g/mol. The molecule has 7 nitrogen and oxygen atoms in total. The lowest BCUT2D eigenvalue weighted by Gasteiger charge is -2.26. The standard InChI is InChI=1S/C25H24ClNO6/c1-3-4-5-10-27-21(14-6-8-17(28)9-7-14)20(23(30)25(27)31)22(29)18-12-15-11-16(26)13-19(32-2)24(15)33-18/h6-9,11-13,21,28,30H,3-5,10H2,1-2H3. The summed E-state index contributed by atoms with van der Waals surface area (Å²) in [6.45, 7) is 2.43. The van der Waals surface area contributed by atoms with Gasteiger partial charge in [-0.2, -0.15) is 0 Å².